The minimum atomic E-state index is -0.688. The van der Waals surface area contributed by atoms with E-state index in [4.69, 9.17) is 23.7 Å². The van der Waals surface area contributed by atoms with E-state index in [9.17, 15) is 9.59 Å². The van der Waals surface area contributed by atoms with Crippen LogP contribution in [0.2, 0.25) is 0 Å². The van der Waals surface area contributed by atoms with Gasteiger partial charge in [0.25, 0.3) is 5.56 Å². The topological polar surface area (TPSA) is 98.1 Å². The molecule has 0 spiro atoms. The molecule has 9 nitrogen and oxygen atoms in total. The van der Waals surface area contributed by atoms with E-state index in [1.165, 1.54) is 33.0 Å². The summed E-state index contributed by atoms with van der Waals surface area (Å²) in [5, 5.41) is 0.853. The van der Waals surface area contributed by atoms with Crippen LogP contribution in [0.5, 0.6) is 23.0 Å². The van der Waals surface area contributed by atoms with E-state index in [0.29, 0.717) is 50.6 Å². The van der Waals surface area contributed by atoms with Gasteiger partial charge in [0.2, 0.25) is 5.75 Å². The van der Waals surface area contributed by atoms with Crippen molar-refractivity contribution in [1.82, 2.24) is 9.55 Å². The summed E-state index contributed by atoms with van der Waals surface area (Å²) in [6.45, 7) is 0.221. The second kappa shape index (κ2) is 13.1. The van der Waals surface area contributed by atoms with Crippen LogP contribution in [0, 0.1) is 0 Å². The third kappa shape index (κ3) is 5.59. The smallest absolute Gasteiger partial charge is 0.355 e. The number of carbonyl (C=O) groups is 1. The largest absolute Gasteiger partial charge is 0.493 e. The molecule has 0 fully saturated rings. The van der Waals surface area contributed by atoms with E-state index >= 15 is 0 Å². The number of fused-ring (bicyclic) bond motifs is 1. The molecule has 42 heavy (non-hydrogen) atoms. The first-order valence-corrected chi connectivity index (χ1v) is 12.7. The highest BCUT2D eigenvalue weighted by Gasteiger charge is 2.27. The molecule has 0 N–H and O–H groups in total. The standard InChI is InChI=1S/C32H28N2O7.ClH/c1-37-26-16-20(17-27(38-2)30(26)39-3)28-24-14-13-23(41-19-21-10-8-9-15-33-21)18-25(24)31(35)34(29(28)32(36)40-4)22-11-6-5-7-12-22;/h5-18H,19H2,1-4H3;1H. The molecule has 0 aliphatic carbocycles. The number of pyridine rings is 2. The Kier molecular flexibility index (Phi) is 9.34. The lowest BCUT2D eigenvalue weighted by atomic mass is 9.95. The number of esters is 1. The van der Waals surface area contributed by atoms with Crippen LogP contribution in [0.4, 0.5) is 0 Å². The summed E-state index contributed by atoms with van der Waals surface area (Å²) >= 11 is 0. The monoisotopic (exact) mass is 588 g/mol. The molecule has 0 aliphatic rings. The molecule has 10 heteroatoms. The molecular weight excluding hydrogens is 560 g/mol. The zero-order valence-electron chi connectivity index (χ0n) is 23.5. The van der Waals surface area contributed by atoms with Crippen LogP contribution >= 0.6 is 12.4 Å². The van der Waals surface area contributed by atoms with Gasteiger partial charge in [-0.1, -0.05) is 24.3 Å². The lowest BCUT2D eigenvalue weighted by Gasteiger charge is -2.21. The Morgan fingerprint density at radius 1 is 0.810 bits per heavy atom. The highest BCUT2D eigenvalue weighted by molar-refractivity contribution is 6.07. The molecule has 5 aromatic rings. The lowest BCUT2D eigenvalue weighted by molar-refractivity contribution is 0.0591. The van der Waals surface area contributed by atoms with Crippen molar-refractivity contribution in [3.05, 3.63) is 107 Å². The van der Waals surface area contributed by atoms with Crippen molar-refractivity contribution >= 4 is 29.1 Å². The van der Waals surface area contributed by atoms with E-state index < -0.39 is 11.5 Å². The van der Waals surface area contributed by atoms with E-state index in [-0.39, 0.29) is 24.7 Å². The molecule has 0 saturated carbocycles. The average molecular weight is 589 g/mol. The Hall–Kier alpha value is -5.02. The SMILES string of the molecule is COC(=O)c1c(-c2cc(OC)c(OC)c(OC)c2)c2ccc(OCc3ccccn3)cc2c(=O)n1-c1ccccc1.Cl. The fourth-order valence-corrected chi connectivity index (χ4v) is 4.74. The number of aromatic nitrogens is 2. The molecule has 0 unspecified atom stereocenters. The van der Waals surface area contributed by atoms with Gasteiger partial charge in [0, 0.05) is 17.4 Å². The number of hydrogen-bond donors (Lipinski definition) is 0. The van der Waals surface area contributed by atoms with Gasteiger partial charge in [-0.15, -0.1) is 12.4 Å². The maximum absolute atomic E-state index is 14.1. The zero-order valence-corrected chi connectivity index (χ0v) is 24.3. The summed E-state index contributed by atoms with van der Waals surface area (Å²) in [5.41, 5.74) is 1.88. The van der Waals surface area contributed by atoms with E-state index in [1.807, 2.05) is 24.3 Å². The summed E-state index contributed by atoms with van der Waals surface area (Å²) in [4.78, 5) is 31.9. The molecule has 0 radical (unpaired) electrons. The molecule has 0 amide bonds. The second-order valence-electron chi connectivity index (χ2n) is 8.92. The third-order valence-corrected chi connectivity index (χ3v) is 6.61. The lowest BCUT2D eigenvalue weighted by Crippen LogP contribution is -2.26. The van der Waals surface area contributed by atoms with E-state index in [2.05, 4.69) is 4.98 Å². The summed E-state index contributed by atoms with van der Waals surface area (Å²) < 4.78 is 29.3. The van der Waals surface area contributed by atoms with Crippen LogP contribution in [0.1, 0.15) is 16.2 Å². The molecule has 5 rings (SSSR count). The first-order valence-electron chi connectivity index (χ1n) is 12.7. The second-order valence-corrected chi connectivity index (χ2v) is 8.92. The van der Waals surface area contributed by atoms with Gasteiger partial charge < -0.3 is 23.7 Å². The molecule has 0 saturated heterocycles. The Bertz CT molecular complexity index is 1750. The number of rotatable bonds is 9. The number of halogens is 1. The van der Waals surface area contributed by atoms with E-state index in [0.717, 1.165) is 5.69 Å². The van der Waals surface area contributed by atoms with Gasteiger partial charge in [-0.05, 0) is 65.5 Å². The van der Waals surface area contributed by atoms with Gasteiger partial charge in [0.1, 0.15) is 18.1 Å². The number of hydrogen-bond acceptors (Lipinski definition) is 8. The van der Waals surface area contributed by atoms with Gasteiger partial charge in [-0.25, -0.2) is 4.79 Å². The first-order chi connectivity index (χ1) is 20.0. The predicted molar refractivity (Wildman–Crippen MR) is 162 cm³/mol. The number of benzene rings is 3. The van der Waals surface area contributed by atoms with Crippen LogP contribution < -0.4 is 24.5 Å². The Morgan fingerprint density at radius 2 is 1.50 bits per heavy atom. The maximum atomic E-state index is 14.1. The van der Waals surface area contributed by atoms with Gasteiger partial charge in [0.15, 0.2) is 11.5 Å². The predicted octanol–water partition coefficient (Wildman–Crippen LogP) is 5.87. The molecule has 0 atom stereocenters. The summed E-state index contributed by atoms with van der Waals surface area (Å²) in [6.07, 6.45) is 1.69. The van der Waals surface area contributed by atoms with Crippen molar-refractivity contribution in [2.75, 3.05) is 28.4 Å². The molecule has 3 aromatic carbocycles. The Labute approximate surface area is 248 Å². The number of methoxy groups -OCH3 is 4. The molecule has 2 heterocycles. The third-order valence-electron chi connectivity index (χ3n) is 6.61. The summed E-state index contributed by atoms with van der Waals surface area (Å²) in [7, 11) is 5.81. The normalized spacial score (nSPS) is 10.5. The van der Waals surface area contributed by atoms with Crippen molar-refractivity contribution in [3.8, 4) is 39.8 Å². The van der Waals surface area contributed by atoms with Crippen LogP contribution in [-0.2, 0) is 11.3 Å². The van der Waals surface area contributed by atoms with Crippen LogP contribution in [0.3, 0.4) is 0 Å². The molecule has 0 aliphatic heterocycles. The quantitative estimate of drug-likeness (QED) is 0.197. The highest BCUT2D eigenvalue weighted by atomic mass is 35.5. The first kappa shape index (κ1) is 30.0. The molecule has 2 aromatic heterocycles. The molecule has 0 bridgehead atoms. The average Bonchev–Trinajstić information content (AvgIpc) is 3.03. The van der Waals surface area contributed by atoms with Crippen LogP contribution in [0.15, 0.2) is 89.9 Å². The summed E-state index contributed by atoms with van der Waals surface area (Å²) in [5.74, 6) is 0.954. The maximum Gasteiger partial charge on any atom is 0.355 e. The van der Waals surface area contributed by atoms with Gasteiger partial charge in [0.05, 0.1) is 39.5 Å². The number of ether oxygens (including phenoxy) is 5. The fourth-order valence-electron chi connectivity index (χ4n) is 4.74. The van der Waals surface area contributed by atoms with E-state index in [1.54, 1.807) is 60.8 Å². The van der Waals surface area contributed by atoms with Gasteiger partial charge >= 0.3 is 5.97 Å². The fraction of sp³-hybridized carbons (Fsp3) is 0.156. The zero-order chi connectivity index (χ0) is 28.9. The minimum Gasteiger partial charge on any atom is -0.493 e. The van der Waals surface area contributed by atoms with Crippen molar-refractivity contribution in [2.24, 2.45) is 0 Å². The molecule has 216 valence electrons. The van der Waals surface area contributed by atoms with Crippen molar-refractivity contribution < 1.29 is 28.5 Å². The highest BCUT2D eigenvalue weighted by Crippen LogP contribution is 2.44. The minimum absolute atomic E-state index is 0. The number of para-hydroxylation sites is 1. The van der Waals surface area contributed by atoms with Gasteiger partial charge in [-0.3, -0.25) is 14.3 Å². The van der Waals surface area contributed by atoms with Crippen LogP contribution in [0.25, 0.3) is 27.6 Å². The summed E-state index contributed by atoms with van der Waals surface area (Å²) in [6, 6.07) is 23.1. The molecular formula is C32H29ClN2O7. The van der Waals surface area contributed by atoms with Gasteiger partial charge in [-0.2, -0.15) is 0 Å². The van der Waals surface area contributed by atoms with Crippen LogP contribution in [-0.4, -0.2) is 44.0 Å². The number of carbonyl (C=O) groups excluding carboxylic acids is 1. The Balaban J connectivity index is 0.00000405. The Morgan fingerprint density at radius 3 is 2.10 bits per heavy atom. The van der Waals surface area contributed by atoms with Crippen molar-refractivity contribution in [1.29, 1.82) is 0 Å². The van der Waals surface area contributed by atoms with Crippen molar-refractivity contribution in [2.45, 2.75) is 6.61 Å². The van der Waals surface area contributed by atoms with Crippen molar-refractivity contribution in [3.63, 3.8) is 0 Å². The number of nitrogens with zero attached hydrogens (tertiary/aromatic N) is 2.